The van der Waals surface area contributed by atoms with Crippen molar-refractivity contribution < 1.29 is 19.1 Å². The predicted octanol–water partition coefficient (Wildman–Crippen LogP) is 8.17. The highest BCUT2D eigenvalue weighted by atomic mass is 79.9. The van der Waals surface area contributed by atoms with E-state index >= 15 is 4.79 Å². The maximum absolute atomic E-state index is 15.1. The third-order valence-corrected chi connectivity index (χ3v) is 10.5. The summed E-state index contributed by atoms with van der Waals surface area (Å²) in [6, 6.07) is 26.9. The number of hydrogen-bond acceptors (Lipinski definition) is 5. The van der Waals surface area contributed by atoms with E-state index in [-0.39, 0.29) is 17.5 Å². The summed E-state index contributed by atoms with van der Waals surface area (Å²) >= 11 is 3.54. The lowest BCUT2D eigenvalue weighted by Crippen LogP contribution is -2.49. The van der Waals surface area contributed by atoms with Crippen LogP contribution in [0.1, 0.15) is 75.2 Å². The van der Waals surface area contributed by atoms with Crippen molar-refractivity contribution in [3.63, 3.8) is 0 Å². The van der Waals surface area contributed by atoms with Crippen LogP contribution in [0.15, 0.2) is 102 Å². The van der Waals surface area contributed by atoms with Crippen LogP contribution in [0.5, 0.6) is 5.75 Å². The zero-order valence-corrected chi connectivity index (χ0v) is 27.4. The van der Waals surface area contributed by atoms with Crippen LogP contribution in [0.4, 0.5) is 5.69 Å². The second kappa shape index (κ2) is 12.0. The number of aryl methyl sites for hydroxylation is 1. The number of hydrogen-bond donors (Lipinski definition) is 1. The normalized spacial score (nSPS) is 22.3. The van der Waals surface area contributed by atoms with Gasteiger partial charge < -0.3 is 15.0 Å². The summed E-state index contributed by atoms with van der Waals surface area (Å²) < 4.78 is 6.06. The average Bonchev–Trinajstić information content (AvgIpc) is 3.56. The van der Waals surface area contributed by atoms with Crippen molar-refractivity contribution >= 4 is 45.2 Å². The summed E-state index contributed by atoms with van der Waals surface area (Å²) in [5.74, 6) is -1.15. The monoisotopic (exact) mass is 674 g/mol. The van der Waals surface area contributed by atoms with Gasteiger partial charge in [-0.1, -0.05) is 86.5 Å². The van der Waals surface area contributed by atoms with E-state index < -0.39 is 23.4 Å². The van der Waals surface area contributed by atoms with Crippen LogP contribution in [0.25, 0.3) is 6.08 Å². The fourth-order valence-electron chi connectivity index (χ4n) is 7.75. The molecule has 0 saturated carbocycles. The number of ether oxygens (including phenoxy) is 1. The van der Waals surface area contributed by atoms with Crippen molar-refractivity contribution in [2.75, 3.05) is 12.4 Å². The summed E-state index contributed by atoms with van der Waals surface area (Å²) in [5.41, 5.74) is 4.00. The van der Waals surface area contributed by atoms with Gasteiger partial charge in [0, 0.05) is 23.0 Å². The van der Waals surface area contributed by atoms with Crippen LogP contribution >= 0.6 is 15.9 Å². The van der Waals surface area contributed by atoms with E-state index in [1.165, 1.54) is 5.56 Å². The summed E-state index contributed by atoms with van der Waals surface area (Å²) in [7, 11) is 1.57. The molecule has 1 N–H and O–H groups in total. The number of anilines is 1. The third kappa shape index (κ3) is 4.63. The Labute approximate surface area is 277 Å². The first-order chi connectivity index (χ1) is 22.4. The molecule has 4 atom stereocenters. The maximum atomic E-state index is 15.1. The Hall–Kier alpha value is -4.49. The first kappa shape index (κ1) is 30.2. The summed E-state index contributed by atoms with van der Waals surface area (Å²) in [6.45, 7) is 2.18. The van der Waals surface area contributed by atoms with Gasteiger partial charge in [-0.25, -0.2) is 0 Å². The van der Waals surface area contributed by atoms with Gasteiger partial charge >= 0.3 is 0 Å². The fourth-order valence-corrected chi connectivity index (χ4v) is 8.29. The standard InChI is InChI=1S/C39H35BrN2O4/c1-3-4-5-10-24-15-17-26(18-16-24)35(43)33-34(36(44)27-19-20-32(46-2)30(40)23-27)42-22-21-25-11-6-7-12-28(25)37(42)39(33)29-13-8-9-14-31(29)41-38(39)45/h6-9,11-23,33-34,37H,3-5,10H2,1-2H3,(H,41,45)/t33-,34+,37+,39-/m0/s1. The number of benzene rings is 4. The molecule has 46 heavy (non-hydrogen) atoms. The number of methoxy groups -OCH3 is 1. The van der Waals surface area contributed by atoms with Crippen LogP contribution in [-0.2, 0) is 16.6 Å². The van der Waals surface area contributed by atoms with Gasteiger partial charge in [-0.3, -0.25) is 14.4 Å². The molecule has 4 aromatic rings. The molecule has 232 valence electrons. The minimum absolute atomic E-state index is 0.224. The van der Waals surface area contributed by atoms with Crippen molar-refractivity contribution in [1.29, 1.82) is 0 Å². The molecule has 0 unspecified atom stereocenters. The molecular formula is C39H35BrN2O4. The second-order valence-corrected chi connectivity index (χ2v) is 13.2. The Morgan fingerprint density at radius 1 is 0.913 bits per heavy atom. The Kier molecular flexibility index (Phi) is 7.89. The van der Waals surface area contributed by atoms with E-state index in [0.29, 0.717) is 27.0 Å². The largest absolute Gasteiger partial charge is 0.496 e. The molecule has 0 aliphatic carbocycles. The lowest BCUT2D eigenvalue weighted by atomic mass is 9.62. The molecule has 4 aromatic carbocycles. The van der Waals surface area contributed by atoms with Gasteiger partial charge in [0.25, 0.3) is 0 Å². The van der Waals surface area contributed by atoms with Crippen molar-refractivity contribution in [3.8, 4) is 5.75 Å². The smallest absolute Gasteiger partial charge is 0.238 e. The fraction of sp³-hybridized carbons (Fsp3) is 0.256. The number of para-hydroxylation sites is 1. The molecule has 6 nitrogen and oxygen atoms in total. The lowest BCUT2D eigenvalue weighted by molar-refractivity contribution is -0.122. The van der Waals surface area contributed by atoms with Crippen LogP contribution in [0.3, 0.4) is 0 Å². The molecule has 0 bridgehead atoms. The highest BCUT2D eigenvalue weighted by Crippen LogP contribution is 2.62. The molecular weight excluding hydrogens is 640 g/mol. The Bertz CT molecular complexity index is 1880. The first-order valence-corrected chi connectivity index (χ1v) is 16.7. The van der Waals surface area contributed by atoms with Gasteiger partial charge in [-0.05, 0) is 81.4 Å². The quantitative estimate of drug-likeness (QED) is 0.143. The lowest BCUT2D eigenvalue weighted by Gasteiger charge is -2.38. The van der Waals surface area contributed by atoms with E-state index in [0.717, 1.165) is 42.4 Å². The SMILES string of the molecule is CCCCCc1ccc(C(=O)[C@@H]2[C@H](C(=O)c3ccc(OC)c(Br)c3)N3C=Cc4ccccc4[C@@H]3[C@@]23C(=O)Nc2ccccc23)cc1. The number of nitrogens with zero attached hydrogens (tertiary/aromatic N) is 1. The van der Waals surface area contributed by atoms with E-state index in [1.807, 2.05) is 90.0 Å². The number of fused-ring (bicyclic) bond motifs is 6. The van der Waals surface area contributed by atoms with Gasteiger partial charge in [-0.15, -0.1) is 0 Å². The van der Waals surface area contributed by atoms with E-state index in [2.05, 4.69) is 28.2 Å². The number of amides is 1. The minimum atomic E-state index is -1.36. The Morgan fingerprint density at radius 3 is 2.41 bits per heavy atom. The van der Waals surface area contributed by atoms with Crippen molar-refractivity contribution in [2.24, 2.45) is 5.92 Å². The van der Waals surface area contributed by atoms with E-state index in [1.54, 1.807) is 25.3 Å². The third-order valence-electron chi connectivity index (χ3n) is 9.87. The van der Waals surface area contributed by atoms with Crippen LogP contribution < -0.4 is 10.1 Å². The maximum Gasteiger partial charge on any atom is 0.238 e. The predicted molar refractivity (Wildman–Crippen MR) is 183 cm³/mol. The zero-order valence-electron chi connectivity index (χ0n) is 25.8. The summed E-state index contributed by atoms with van der Waals surface area (Å²) in [6.07, 6.45) is 8.18. The van der Waals surface area contributed by atoms with Crippen LogP contribution in [0, 0.1) is 5.92 Å². The molecule has 3 aliphatic heterocycles. The van der Waals surface area contributed by atoms with Crippen LogP contribution in [0.2, 0.25) is 0 Å². The number of halogens is 1. The number of ketones is 2. The molecule has 0 radical (unpaired) electrons. The van der Waals surface area contributed by atoms with E-state index in [4.69, 9.17) is 4.74 Å². The van der Waals surface area contributed by atoms with Gasteiger partial charge in [0.15, 0.2) is 11.6 Å². The molecule has 3 aliphatic rings. The van der Waals surface area contributed by atoms with Gasteiger partial charge in [0.2, 0.25) is 5.91 Å². The summed E-state index contributed by atoms with van der Waals surface area (Å²) in [4.78, 5) is 46.6. The molecule has 7 heteroatoms. The molecule has 7 rings (SSSR count). The van der Waals surface area contributed by atoms with Crippen molar-refractivity contribution in [1.82, 2.24) is 4.90 Å². The van der Waals surface area contributed by atoms with Crippen molar-refractivity contribution in [3.05, 3.63) is 135 Å². The van der Waals surface area contributed by atoms with Gasteiger partial charge in [0.05, 0.1) is 23.5 Å². The molecule has 1 fully saturated rings. The topological polar surface area (TPSA) is 75.7 Å². The van der Waals surface area contributed by atoms with Gasteiger partial charge in [-0.2, -0.15) is 0 Å². The highest BCUT2D eigenvalue weighted by Gasteiger charge is 2.70. The summed E-state index contributed by atoms with van der Waals surface area (Å²) in [5, 5.41) is 3.11. The Balaban J connectivity index is 1.44. The van der Waals surface area contributed by atoms with Crippen molar-refractivity contribution in [2.45, 2.75) is 50.1 Å². The Morgan fingerprint density at radius 2 is 1.65 bits per heavy atom. The number of Topliss-reactive ketones (excluding diaryl/α,β-unsaturated/α-hetero) is 2. The molecule has 1 spiro atoms. The number of unbranched alkanes of at least 4 members (excludes halogenated alkanes) is 2. The van der Waals surface area contributed by atoms with Crippen LogP contribution in [-0.4, -0.2) is 35.5 Å². The number of carbonyl (C=O) groups excluding carboxylic acids is 3. The number of nitrogens with one attached hydrogen (secondary N) is 1. The highest BCUT2D eigenvalue weighted by molar-refractivity contribution is 9.10. The molecule has 1 saturated heterocycles. The van der Waals surface area contributed by atoms with E-state index in [9.17, 15) is 9.59 Å². The van der Waals surface area contributed by atoms with Gasteiger partial charge in [0.1, 0.15) is 17.2 Å². The number of rotatable bonds is 9. The average molecular weight is 676 g/mol. The molecule has 3 heterocycles. The minimum Gasteiger partial charge on any atom is -0.496 e. The second-order valence-electron chi connectivity index (χ2n) is 12.3. The molecule has 1 amide bonds. The zero-order chi connectivity index (χ0) is 32.0. The number of carbonyl (C=O) groups is 3. The first-order valence-electron chi connectivity index (χ1n) is 15.9. The molecule has 0 aromatic heterocycles.